The molecule has 2 saturated heterocycles. The van der Waals surface area contributed by atoms with Crippen LogP contribution >= 0.6 is 0 Å². The lowest BCUT2D eigenvalue weighted by Gasteiger charge is -2.32. The van der Waals surface area contributed by atoms with Gasteiger partial charge < -0.3 is 14.4 Å². The Bertz CT molecular complexity index is 1640. The number of fused-ring (bicyclic) bond motifs is 2. The zero-order chi connectivity index (χ0) is 30.8. The minimum absolute atomic E-state index is 0.0595. The number of para-hydroxylation sites is 1. The molecule has 2 fully saturated rings. The molecule has 45 heavy (non-hydrogen) atoms. The summed E-state index contributed by atoms with van der Waals surface area (Å²) >= 11 is 0. The molecule has 7 heteroatoms. The minimum atomic E-state index is -1.22. The molecule has 0 aromatic heterocycles. The molecule has 0 aliphatic carbocycles. The number of benzene rings is 4. The molecule has 4 aromatic carbocycles. The van der Waals surface area contributed by atoms with Gasteiger partial charge in [0.25, 0.3) is 5.91 Å². The molecule has 0 bridgehead atoms. The predicted molar refractivity (Wildman–Crippen MR) is 175 cm³/mol. The Hall–Kier alpha value is -4.30. The first-order valence-electron chi connectivity index (χ1n) is 16.0. The molecular formula is C38H39N3O4. The van der Waals surface area contributed by atoms with Gasteiger partial charge in [-0.05, 0) is 48.4 Å². The summed E-state index contributed by atoms with van der Waals surface area (Å²) in [5, 5.41) is 3.82. The molecule has 1 amide bonds. The van der Waals surface area contributed by atoms with E-state index in [0.29, 0.717) is 18.7 Å². The van der Waals surface area contributed by atoms with Crippen molar-refractivity contribution in [2.45, 2.75) is 24.4 Å². The summed E-state index contributed by atoms with van der Waals surface area (Å²) in [6.07, 6.45) is 0. The number of likely N-dealkylation sites (N-methyl/N-ethyl adjacent to an activating group) is 1. The molecule has 4 atom stereocenters. The number of rotatable bonds is 9. The SMILES string of the molecule is CCN1C(=O)C2(N[C@H](c3ccccc3)[C@@H](c3ccccc3)C2C(=O)c2ccc(OCCN3CCOCC3)cc2)c2ccccc21. The number of Topliss-reactive ketones (excluding diaryl/α,β-unsaturated/α-hetero) is 1. The highest BCUT2D eigenvalue weighted by atomic mass is 16.5. The van der Waals surface area contributed by atoms with E-state index in [4.69, 9.17) is 9.47 Å². The summed E-state index contributed by atoms with van der Waals surface area (Å²) in [5.74, 6) is -0.397. The quantitative estimate of drug-likeness (QED) is 0.253. The summed E-state index contributed by atoms with van der Waals surface area (Å²) in [5.41, 5.74) is 3.13. The third-order valence-electron chi connectivity index (χ3n) is 9.63. The maximum Gasteiger partial charge on any atom is 0.252 e. The van der Waals surface area contributed by atoms with Crippen molar-refractivity contribution in [1.29, 1.82) is 0 Å². The van der Waals surface area contributed by atoms with Crippen molar-refractivity contribution in [2.24, 2.45) is 5.92 Å². The Morgan fingerprint density at radius 1 is 0.867 bits per heavy atom. The lowest BCUT2D eigenvalue weighted by Crippen LogP contribution is -2.53. The van der Waals surface area contributed by atoms with Crippen LogP contribution in [0.15, 0.2) is 109 Å². The number of hydrogen-bond donors (Lipinski definition) is 1. The van der Waals surface area contributed by atoms with Crippen molar-refractivity contribution in [3.8, 4) is 5.75 Å². The second kappa shape index (κ2) is 12.6. The Kier molecular flexibility index (Phi) is 8.23. The molecule has 4 aromatic rings. The van der Waals surface area contributed by atoms with Crippen molar-refractivity contribution in [1.82, 2.24) is 10.2 Å². The van der Waals surface area contributed by atoms with Crippen LogP contribution in [0.5, 0.6) is 5.75 Å². The van der Waals surface area contributed by atoms with Gasteiger partial charge in [0.1, 0.15) is 17.9 Å². The van der Waals surface area contributed by atoms with Crippen LogP contribution in [0.4, 0.5) is 5.69 Å². The van der Waals surface area contributed by atoms with Gasteiger partial charge in [-0.3, -0.25) is 19.8 Å². The van der Waals surface area contributed by atoms with E-state index in [9.17, 15) is 9.59 Å². The molecule has 7 nitrogen and oxygen atoms in total. The number of morpholine rings is 1. The zero-order valence-corrected chi connectivity index (χ0v) is 25.6. The number of carbonyl (C=O) groups is 2. The third kappa shape index (κ3) is 5.25. The van der Waals surface area contributed by atoms with Crippen LogP contribution in [0, 0.1) is 5.92 Å². The molecule has 1 spiro atoms. The third-order valence-corrected chi connectivity index (χ3v) is 9.63. The molecular weight excluding hydrogens is 562 g/mol. The Morgan fingerprint density at radius 2 is 1.51 bits per heavy atom. The first kappa shape index (κ1) is 29.4. The summed E-state index contributed by atoms with van der Waals surface area (Å²) in [6.45, 7) is 7.24. The monoisotopic (exact) mass is 601 g/mol. The minimum Gasteiger partial charge on any atom is -0.492 e. The molecule has 0 radical (unpaired) electrons. The zero-order valence-electron chi connectivity index (χ0n) is 25.6. The summed E-state index contributed by atoms with van der Waals surface area (Å²) < 4.78 is 11.5. The van der Waals surface area contributed by atoms with E-state index >= 15 is 0 Å². The van der Waals surface area contributed by atoms with E-state index in [-0.39, 0.29) is 23.7 Å². The van der Waals surface area contributed by atoms with Gasteiger partial charge in [0, 0.05) is 55.0 Å². The van der Waals surface area contributed by atoms with Crippen molar-refractivity contribution in [3.63, 3.8) is 0 Å². The van der Waals surface area contributed by atoms with Crippen molar-refractivity contribution in [2.75, 3.05) is 50.9 Å². The highest BCUT2D eigenvalue weighted by Gasteiger charge is 2.66. The molecule has 0 saturated carbocycles. The van der Waals surface area contributed by atoms with E-state index in [0.717, 1.165) is 61.0 Å². The number of carbonyl (C=O) groups excluding carboxylic acids is 2. The van der Waals surface area contributed by atoms with Gasteiger partial charge in [-0.25, -0.2) is 0 Å². The average Bonchev–Trinajstić information content (AvgIpc) is 3.58. The second-order valence-corrected chi connectivity index (χ2v) is 12.0. The topological polar surface area (TPSA) is 71.1 Å². The number of nitrogens with zero attached hydrogens (tertiary/aromatic N) is 2. The highest BCUT2D eigenvalue weighted by molar-refractivity contribution is 6.13. The van der Waals surface area contributed by atoms with E-state index in [1.54, 1.807) is 0 Å². The van der Waals surface area contributed by atoms with Crippen LogP contribution in [-0.4, -0.2) is 62.6 Å². The van der Waals surface area contributed by atoms with Crippen LogP contribution in [0.1, 0.15) is 45.9 Å². The van der Waals surface area contributed by atoms with Gasteiger partial charge in [-0.15, -0.1) is 0 Å². The molecule has 230 valence electrons. The number of nitrogens with one attached hydrogen (secondary N) is 1. The summed E-state index contributed by atoms with van der Waals surface area (Å²) in [7, 11) is 0. The molecule has 3 aliphatic heterocycles. The first-order valence-corrected chi connectivity index (χ1v) is 16.0. The van der Waals surface area contributed by atoms with Crippen LogP contribution in [0.3, 0.4) is 0 Å². The first-order chi connectivity index (χ1) is 22.1. The fraction of sp³-hybridized carbons (Fsp3) is 0.316. The van der Waals surface area contributed by atoms with Crippen LogP contribution < -0.4 is 15.0 Å². The van der Waals surface area contributed by atoms with Gasteiger partial charge in [0.05, 0.1) is 19.1 Å². The number of amides is 1. The van der Waals surface area contributed by atoms with Gasteiger partial charge in [0.2, 0.25) is 0 Å². The molecule has 7 rings (SSSR count). The van der Waals surface area contributed by atoms with Gasteiger partial charge in [-0.2, -0.15) is 0 Å². The fourth-order valence-corrected chi connectivity index (χ4v) is 7.50. The van der Waals surface area contributed by atoms with Crippen LogP contribution in [-0.2, 0) is 15.1 Å². The predicted octanol–water partition coefficient (Wildman–Crippen LogP) is 5.59. The maximum atomic E-state index is 15.0. The largest absolute Gasteiger partial charge is 0.492 e. The average molecular weight is 602 g/mol. The number of anilines is 1. The highest BCUT2D eigenvalue weighted by Crippen LogP contribution is 2.58. The van der Waals surface area contributed by atoms with Crippen molar-refractivity contribution < 1.29 is 19.1 Å². The van der Waals surface area contributed by atoms with E-state index < -0.39 is 11.5 Å². The van der Waals surface area contributed by atoms with Crippen LogP contribution in [0.2, 0.25) is 0 Å². The summed E-state index contributed by atoms with van der Waals surface area (Å²) in [4.78, 5) is 33.8. The van der Waals surface area contributed by atoms with E-state index in [1.165, 1.54) is 0 Å². The smallest absolute Gasteiger partial charge is 0.252 e. The molecule has 3 aliphatic rings. The number of hydrogen-bond acceptors (Lipinski definition) is 6. The van der Waals surface area contributed by atoms with Crippen LogP contribution in [0.25, 0.3) is 0 Å². The molecule has 1 N–H and O–H groups in total. The maximum absolute atomic E-state index is 15.0. The second-order valence-electron chi connectivity index (χ2n) is 12.0. The van der Waals surface area contributed by atoms with Gasteiger partial charge >= 0.3 is 0 Å². The van der Waals surface area contributed by atoms with E-state index in [1.807, 2.05) is 96.8 Å². The lowest BCUT2D eigenvalue weighted by atomic mass is 9.69. The normalized spacial score (nSPS) is 24.6. The molecule has 2 unspecified atom stereocenters. The number of ketones is 1. The molecule has 3 heterocycles. The van der Waals surface area contributed by atoms with E-state index in [2.05, 4.69) is 34.5 Å². The van der Waals surface area contributed by atoms with Gasteiger partial charge in [-0.1, -0.05) is 78.9 Å². The van der Waals surface area contributed by atoms with Crippen molar-refractivity contribution >= 4 is 17.4 Å². The van der Waals surface area contributed by atoms with Gasteiger partial charge in [0.15, 0.2) is 5.78 Å². The number of ether oxygens (including phenoxy) is 2. The Balaban J connectivity index is 1.28. The lowest BCUT2D eigenvalue weighted by molar-refractivity contribution is -0.125. The Labute approximate surface area is 264 Å². The fourth-order valence-electron chi connectivity index (χ4n) is 7.50. The summed E-state index contributed by atoms with van der Waals surface area (Å²) in [6, 6.07) is 35.5. The Morgan fingerprint density at radius 3 is 2.20 bits per heavy atom. The van der Waals surface area contributed by atoms with Crippen molar-refractivity contribution in [3.05, 3.63) is 131 Å². The standard InChI is InChI=1S/C38H39N3O4/c1-2-41-32-16-10-9-15-31(32)38(37(41)43)34(33(27-11-5-3-6-12-27)35(39-38)28-13-7-4-8-14-28)36(42)29-17-19-30(20-18-29)45-26-23-40-21-24-44-25-22-40/h3-20,33-35,39H,2,21-26H2,1H3/t33-,34?,35+,38?/m0/s1.